The van der Waals surface area contributed by atoms with Crippen molar-refractivity contribution >= 4 is 22.7 Å². The number of fused-ring (bicyclic) bond motifs is 1. The number of hydrogen-bond acceptors (Lipinski definition) is 5. The topological polar surface area (TPSA) is 92.9 Å². The molecule has 0 bridgehead atoms. The van der Waals surface area contributed by atoms with E-state index in [1.807, 2.05) is 54.3 Å². The van der Waals surface area contributed by atoms with Crippen LogP contribution >= 0.6 is 0 Å². The first kappa shape index (κ1) is 24.4. The van der Waals surface area contributed by atoms with E-state index in [2.05, 4.69) is 10.3 Å². The Bertz CT molecular complexity index is 1200. The average Bonchev–Trinajstić information content (AvgIpc) is 3.34. The van der Waals surface area contributed by atoms with Crippen molar-refractivity contribution in [3.8, 4) is 17.2 Å². The van der Waals surface area contributed by atoms with Gasteiger partial charge in [0.2, 0.25) is 5.91 Å². The zero-order valence-electron chi connectivity index (χ0n) is 20.7. The highest BCUT2D eigenvalue weighted by atomic mass is 16.5. The van der Waals surface area contributed by atoms with E-state index in [1.54, 1.807) is 21.3 Å². The first-order valence-electron chi connectivity index (χ1n) is 11.9. The minimum atomic E-state index is -0.149. The second-order valence-corrected chi connectivity index (χ2v) is 8.95. The molecule has 3 aromatic rings. The maximum Gasteiger partial charge on any atom is 0.270 e. The van der Waals surface area contributed by atoms with Crippen LogP contribution < -0.4 is 19.5 Å². The summed E-state index contributed by atoms with van der Waals surface area (Å²) in [5.41, 5.74) is 2.31. The smallest absolute Gasteiger partial charge is 0.270 e. The molecule has 2 heterocycles. The predicted octanol–water partition coefficient (Wildman–Crippen LogP) is 4.00. The van der Waals surface area contributed by atoms with E-state index in [9.17, 15) is 9.59 Å². The van der Waals surface area contributed by atoms with Gasteiger partial charge in [-0.1, -0.05) is 6.92 Å². The number of ether oxygens (including phenoxy) is 3. The summed E-state index contributed by atoms with van der Waals surface area (Å²) in [4.78, 5) is 31.0. The van der Waals surface area contributed by atoms with Crippen LogP contribution in [-0.2, 0) is 11.3 Å². The van der Waals surface area contributed by atoms with Crippen LogP contribution in [0.15, 0.2) is 42.5 Å². The number of H-pyrrole nitrogens is 1. The molecule has 0 saturated carbocycles. The molecule has 2 amide bonds. The number of hydrogen-bond donors (Lipinski definition) is 2. The number of piperidine rings is 1. The SMILES string of the molecule is COc1ccc(OC)c(CNC(=O)C(C)C2CCN(C(=O)c3cc4ccc(OC)cc4[nH]3)CC2)c1. The summed E-state index contributed by atoms with van der Waals surface area (Å²) in [5.74, 6) is 2.24. The molecule has 1 aliphatic rings. The standard InChI is InChI=1S/C27H33N3O5/c1-17(26(31)28-16-20-13-21(33-2)7-8-25(20)35-4)18-9-11-30(12-10-18)27(32)24-14-19-5-6-22(34-3)15-23(19)29-24/h5-8,13-15,17-18,29H,9-12,16H2,1-4H3,(H,28,31). The molecule has 1 atom stereocenters. The van der Waals surface area contributed by atoms with Gasteiger partial charge >= 0.3 is 0 Å². The number of methoxy groups -OCH3 is 3. The number of carbonyl (C=O) groups is 2. The molecule has 1 saturated heterocycles. The quantitative estimate of drug-likeness (QED) is 0.510. The Labute approximate surface area is 205 Å². The van der Waals surface area contributed by atoms with Crippen molar-refractivity contribution < 1.29 is 23.8 Å². The minimum Gasteiger partial charge on any atom is -0.497 e. The van der Waals surface area contributed by atoms with Gasteiger partial charge in [0.05, 0.1) is 21.3 Å². The van der Waals surface area contributed by atoms with E-state index in [-0.39, 0.29) is 23.7 Å². The molecule has 4 rings (SSSR count). The van der Waals surface area contributed by atoms with Crippen LogP contribution in [0.1, 0.15) is 35.8 Å². The van der Waals surface area contributed by atoms with Crippen molar-refractivity contribution in [2.75, 3.05) is 34.4 Å². The summed E-state index contributed by atoms with van der Waals surface area (Å²) in [5, 5.41) is 4.01. The number of rotatable bonds is 8. The van der Waals surface area contributed by atoms with Gasteiger partial charge in [-0.3, -0.25) is 9.59 Å². The molecule has 35 heavy (non-hydrogen) atoms. The number of amides is 2. The van der Waals surface area contributed by atoms with Gasteiger partial charge < -0.3 is 29.4 Å². The second kappa shape index (κ2) is 10.7. The summed E-state index contributed by atoms with van der Waals surface area (Å²) in [7, 11) is 4.84. The first-order valence-corrected chi connectivity index (χ1v) is 11.9. The Morgan fingerprint density at radius 2 is 1.69 bits per heavy atom. The second-order valence-electron chi connectivity index (χ2n) is 8.95. The van der Waals surface area contributed by atoms with Gasteiger partial charge in [-0.05, 0) is 55.2 Å². The van der Waals surface area contributed by atoms with Crippen LogP contribution in [0.25, 0.3) is 10.9 Å². The highest BCUT2D eigenvalue weighted by molar-refractivity contribution is 5.98. The van der Waals surface area contributed by atoms with Gasteiger partial charge in [0.25, 0.3) is 5.91 Å². The fourth-order valence-corrected chi connectivity index (χ4v) is 4.70. The number of aromatic nitrogens is 1. The van der Waals surface area contributed by atoms with Gasteiger partial charge in [0.1, 0.15) is 22.9 Å². The molecule has 1 unspecified atom stereocenters. The van der Waals surface area contributed by atoms with E-state index in [4.69, 9.17) is 14.2 Å². The number of likely N-dealkylation sites (tertiary alicyclic amines) is 1. The van der Waals surface area contributed by atoms with Gasteiger partial charge in [0, 0.05) is 48.1 Å². The number of nitrogens with one attached hydrogen (secondary N) is 2. The van der Waals surface area contributed by atoms with Crippen LogP contribution in [0.4, 0.5) is 0 Å². The molecule has 8 nitrogen and oxygen atoms in total. The normalized spacial score (nSPS) is 15.0. The number of aromatic amines is 1. The third kappa shape index (κ3) is 5.37. The van der Waals surface area contributed by atoms with Gasteiger partial charge in [-0.15, -0.1) is 0 Å². The lowest BCUT2D eigenvalue weighted by Crippen LogP contribution is -2.42. The van der Waals surface area contributed by atoms with E-state index in [0.29, 0.717) is 36.8 Å². The first-order chi connectivity index (χ1) is 16.9. The van der Waals surface area contributed by atoms with Crippen molar-refractivity contribution in [3.05, 3.63) is 53.7 Å². The summed E-state index contributed by atoms with van der Waals surface area (Å²) in [6.45, 7) is 3.59. The highest BCUT2D eigenvalue weighted by Gasteiger charge is 2.30. The summed E-state index contributed by atoms with van der Waals surface area (Å²) in [6.07, 6.45) is 1.58. The third-order valence-corrected chi connectivity index (χ3v) is 6.95. The Hall–Kier alpha value is -3.68. The lowest BCUT2D eigenvalue weighted by Gasteiger charge is -2.34. The molecule has 1 fully saturated rings. The van der Waals surface area contributed by atoms with Crippen LogP contribution in [0.2, 0.25) is 0 Å². The van der Waals surface area contributed by atoms with Crippen LogP contribution in [0, 0.1) is 11.8 Å². The molecule has 186 valence electrons. The van der Waals surface area contributed by atoms with Gasteiger partial charge in [-0.25, -0.2) is 0 Å². The van der Waals surface area contributed by atoms with Crippen molar-refractivity contribution in [2.45, 2.75) is 26.3 Å². The van der Waals surface area contributed by atoms with Crippen LogP contribution in [0.3, 0.4) is 0 Å². The van der Waals surface area contributed by atoms with Crippen molar-refractivity contribution in [1.29, 1.82) is 0 Å². The molecule has 0 spiro atoms. The minimum absolute atomic E-state index is 0.00390. The van der Waals surface area contributed by atoms with E-state index < -0.39 is 0 Å². The van der Waals surface area contributed by atoms with Gasteiger partial charge in [-0.2, -0.15) is 0 Å². The zero-order valence-corrected chi connectivity index (χ0v) is 20.7. The maximum absolute atomic E-state index is 13.1. The zero-order chi connectivity index (χ0) is 24.9. The van der Waals surface area contributed by atoms with Crippen LogP contribution in [-0.4, -0.2) is 56.1 Å². The summed E-state index contributed by atoms with van der Waals surface area (Å²) >= 11 is 0. The number of carbonyl (C=O) groups excluding carboxylic acids is 2. The highest BCUT2D eigenvalue weighted by Crippen LogP contribution is 2.28. The fraction of sp³-hybridized carbons (Fsp3) is 0.407. The van der Waals surface area contributed by atoms with E-state index >= 15 is 0 Å². The maximum atomic E-state index is 13.1. The molecule has 2 N–H and O–H groups in total. The largest absolute Gasteiger partial charge is 0.497 e. The molecule has 0 aliphatic carbocycles. The Morgan fingerprint density at radius 3 is 2.37 bits per heavy atom. The lowest BCUT2D eigenvalue weighted by atomic mass is 9.84. The molecule has 1 aromatic heterocycles. The monoisotopic (exact) mass is 479 g/mol. The van der Waals surface area contributed by atoms with Crippen LogP contribution in [0.5, 0.6) is 17.2 Å². The Morgan fingerprint density at radius 1 is 1.00 bits per heavy atom. The fourth-order valence-electron chi connectivity index (χ4n) is 4.70. The molecular weight excluding hydrogens is 446 g/mol. The predicted molar refractivity (Wildman–Crippen MR) is 134 cm³/mol. The Kier molecular flexibility index (Phi) is 7.48. The third-order valence-electron chi connectivity index (χ3n) is 6.95. The summed E-state index contributed by atoms with van der Waals surface area (Å²) in [6, 6.07) is 13.1. The lowest BCUT2D eigenvalue weighted by molar-refractivity contribution is -0.126. The Balaban J connectivity index is 1.32. The molecular formula is C27H33N3O5. The van der Waals surface area contributed by atoms with E-state index in [0.717, 1.165) is 35.1 Å². The van der Waals surface area contributed by atoms with Crippen molar-refractivity contribution in [1.82, 2.24) is 15.2 Å². The number of benzene rings is 2. The molecule has 0 radical (unpaired) electrons. The molecule has 2 aromatic carbocycles. The van der Waals surface area contributed by atoms with Crippen molar-refractivity contribution in [2.24, 2.45) is 11.8 Å². The number of nitrogens with zero attached hydrogens (tertiary/aromatic N) is 1. The van der Waals surface area contributed by atoms with Gasteiger partial charge in [0.15, 0.2) is 0 Å². The van der Waals surface area contributed by atoms with E-state index in [1.165, 1.54) is 0 Å². The molecule has 1 aliphatic heterocycles. The summed E-state index contributed by atoms with van der Waals surface area (Å²) < 4.78 is 16.0. The molecule has 8 heteroatoms. The average molecular weight is 480 g/mol. The van der Waals surface area contributed by atoms with Crippen molar-refractivity contribution in [3.63, 3.8) is 0 Å².